The summed E-state index contributed by atoms with van der Waals surface area (Å²) in [6, 6.07) is 14.8. The van der Waals surface area contributed by atoms with Crippen molar-refractivity contribution >= 4 is 44.8 Å². The van der Waals surface area contributed by atoms with Gasteiger partial charge in [-0.05, 0) is 17.7 Å². The molecular formula is C22H22N4O6S2. The third kappa shape index (κ3) is 5.53. The first-order chi connectivity index (χ1) is 16.2. The van der Waals surface area contributed by atoms with Gasteiger partial charge in [0.05, 0.1) is 28.0 Å². The van der Waals surface area contributed by atoms with E-state index in [0.29, 0.717) is 28.4 Å². The molecule has 0 bridgehead atoms. The molecule has 12 heteroatoms. The number of fused-ring (bicyclic) bond motifs is 1. The van der Waals surface area contributed by atoms with Gasteiger partial charge in [-0.3, -0.25) is 14.2 Å². The molecule has 0 aliphatic carbocycles. The van der Waals surface area contributed by atoms with Crippen molar-refractivity contribution in [1.29, 1.82) is 0 Å². The largest absolute Gasteiger partial charge is 0.445 e. The number of thiazole rings is 1. The minimum Gasteiger partial charge on any atom is -0.445 e. The first-order valence-corrected chi connectivity index (χ1v) is 12.7. The third-order valence-corrected chi connectivity index (χ3v) is 7.14. The Hall–Kier alpha value is -3.48. The molecule has 0 fully saturated rings. The smallest absolute Gasteiger partial charge is 0.410 e. The Morgan fingerprint density at radius 1 is 1.18 bits per heavy atom. The highest BCUT2D eigenvalue weighted by atomic mass is 32.2. The molecule has 1 atom stereocenters. The van der Waals surface area contributed by atoms with E-state index in [1.54, 1.807) is 36.4 Å². The topological polar surface area (TPSA) is 152 Å². The molecule has 3 aromatic rings. The Balaban J connectivity index is 1.56. The van der Waals surface area contributed by atoms with Crippen LogP contribution in [0.1, 0.15) is 32.0 Å². The Morgan fingerprint density at radius 3 is 2.59 bits per heavy atom. The van der Waals surface area contributed by atoms with Crippen LogP contribution < -0.4 is 11.1 Å². The number of benzene rings is 2. The van der Waals surface area contributed by atoms with Crippen molar-refractivity contribution in [3.05, 3.63) is 75.7 Å². The molecule has 0 saturated heterocycles. The van der Waals surface area contributed by atoms with Crippen molar-refractivity contribution in [1.82, 2.24) is 9.88 Å². The van der Waals surface area contributed by atoms with E-state index in [-0.39, 0.29) is 18.2 Å². The number of ether oxygens (including phenoxy) is 1. The summed E-state index contributed by atoms with van der Waals surface area (Å²) in [6.45, 7) is 0.133. The Labute approximate surface area is 200 Å². The lowest BCUT2D eigenvalue weighted by molar-refractivity contribution is 0.0811. The van der Waals surface area contributed by atoms with Gasteiger partial charge in [-0.1, -0.05) is 42.5 Å². The quantitative estimate of drug-likeness (QED) is 0.343. The number of hydrogen-bond donors (Lipinski definition) is 3. The molecule has 1 aromatic heterocycles. The summed E-state index contributed by atoms with van der Waals surface area (Å²) >= 11 is 0.964. The second-order valence-corrected chi connectivity index (χ2v) is 10.1. The molecule has 1 unspecified atom stereocenters. The zero-order chi connectivity index (χ0) is 24.3. The summed E-state index contributed by atoms with van der Waals surface area (Å²) in [5, 5.41) is 2.77. The highest BCUT2D eigenvalue weighted by molar-refractivity contribution is 7.85. The lowest BCUT2D eigenvalue weighted by Crippen LogP contribution is -2.42. The van der Waals surface area contributed by atoms with Crippen molar-refractivity contribution in [3.8, 4) is 0 Å². The minimum atomic E-state index is -4.45. The molecular weight excluding hydrogens is 480 g/mol. The van der Waals surface area contributed by atoms with Gasteiger partial charge >= 0.3 is 6.09 Å². The number of nitrogens with zero attached hydrogens (tertiary/aromatic N) is 2. The molecule has 2 amide bonds. The molecule has 4 N–H and O–H groups in total. The van der Waals surface area contributed by atoms with E-state index in [1.165, 1.54) is 4.90 Å². The van der Waals surface area contributed by atoms with Gasteiger partial charge in [-0.15, -0.1) is 11.3 Å². The van der Waals surface area contributed by atoms with Crippen LogP contribution in [0.4, 0.5) is 16.2 Å². The number of hydrogen-bond acceptors (Lipinski definition) is 8. The van der Waals surface area contributed by atoms with E-state index in [1.807, 2.05) is 18.2 Å². The van der Waals surface area contributed by atoms with E-state index < -0.39 is 33.9 Å². The van der Waals surface area contributed by atoms with E-state index in [0.717, 1.165) is 16.9 Å². The van der Waals surface area contributed by atoms with Gasteiger partial charge in [0.1, 0.15) is 12.4 Å². The average molecular weight is 503 g/mol. The molecule has 0 radical (unpaired) electrons. The highest BCUT2D eigenvalue weighted by Gasteiger charge is 2.38. The average Bonchev–Trinajstić information content (AvgIpc) is 3.24. The van der Waals surface area contributed by atoms with Crippen LogP contribution in [0, 0.1) is 0 Å². The SMILES string of the molecule is Nc1ccccc1NC(=O)c1nc2c(s1)C(CS(=O)(=O)O)N(C(=O)OCc1ccccc1)CC2. The van der Waals surface area contributed by atoms with Crippen molar-refractivity contribution in [2.45, 2.75) is 19.1 Å². The maximum atomic E-state index is 12.8. The zero-order valence-electron chi connectivity index (χ0n) is 17.9. The van der Waals surface area contributed by atoms with Gasteiger partial charge < -0.3 is 15.8 Å². The fourth-order valence-corrected chi connectivity index (χ4v) is 5.57. The number of nitrogens with one attached hydrogen (secondary N) is 1. The summed E-state index contributed by atoms with van der Waals surface area (Å²) in [5.74, 6) is -1.25. The monoisotopic (exact) mass is 502 g/mol. The fraction of sp³-hybridized carbons (Fsp3) is 0.227. The molecule has 178 valence electrons. The molecule has 4 rings (SSSR count). The number of nitrogens with two attached hydrogens (primary N) is 1. The Kier molecular flexibility index (Phi) is 6.82. The predicted molar refractivity (Wildman–Crippen MR) is 127 cm³/mol. The lowest BCUT2D eigenvalue weighted by Gasteiger charge is -2.33. The van der Waals surface area contributed by atoms with Crippen LogP contribution in [0.15, 0.2) is 54.6 Å². The number of carbonyl (C=O) groups excluding carboxylic acids is 2. The van der Waals surface area contributed by atoms with E-state index in [9.17, 15) is 22.6 Å². The fourth-order valence-electron chi connectivity index (χ4n) is 3.60. The van der Waals surface area contributed by atoms with Crippen LogP contribution in [0.2, 0.25) is 0 Å². The first-order valence-electron chi connectivity index (χ1n) is 10.3. The van der Waals surface area contributed by atoms with E-state index in [2.05, 4.69) is 10.3 Å². The summed E-state index contributed by atoms with van der Waals surface area (Å²) in [6.07, 6.45) is -0.422. The zero-order valence-corrected chi connectivity index (χ0v) is 19.5. The van der Waals surface area contributed by atoms with Gasteiger partial charge in [0.25, 0.3) is 16.0 Å². The molecule has 2 heterocycles. The summed E-state index contributed by atoms with van der Waals surface area (Å²) < 4.78 is 38.4. The van der Waals surface area contributed by atoms with Gasteiger partial charge in [0, 0.05) is 13.0 Å². The van der Waals surface area contributed by atoms with Crippen molar-refractivity contribution < 1.29 is 27.3 Å². The number of amides is 2. The van der Waals surface area contributed by atoms with Gasteiger partial charge in [-0.2, -0.15) is 8.42 Å². The maximum Gasteiger partial charge on any atom is 0.410 e. The van der Waals surface area contributed by atoms with Crippen LogP contribution in [-0.4, -0.2) is 47.2 Å². The molecule has 2 aromatic carbocycles. The van der Waals surface area contributed by atoms with Crippen molar-refractivity contribution in [2.24, 2.45) is 0 Å². The number of rotatable bonds is 6. The molecule has 1 aliphatic rings. The van der Waals surface area contributed by atoms with Crippen LogP contribution >= 0.6 is 11.3 Å². The molecule has 0 saturated carbocycles. The molecule has 0 spiro atoms. The highest BCUT2D eigenvalue weighted by Crippen LogP contribution is 2.36. The second-order valence-electron chi connectivity index (χ2n) is 7.62. The molecule has 10 nitrogen and oxygen atoms in total. The second kappa shape index (κ2) is 9.79. The number of aromatic nitrogens is 1. The summed E-state index contributed by atoms with van der Waals surface area (Å²) in [7, 11) is -4.45. The van der Waals surface area contributed by atoms with E-state index >= 15 is 0 Å². The Bertz CT molecular complexity index is 1310. The molecule has 1 aliphatic heterocycles. The summed E-state index contributed by atoms with van der Waals surface area (Å²) in [4.78, 5) is 31.6. The number of carbonyl (C=O) groups is 2. The predicted octanol–water partition coefficient (Wildman–Crippen LogP) is 3.10. The number of para-hydroxylation sites is 2. The van der Waals surface area contributed by atoms with Crippen LogP contribution in [0.5, 0.6) is 0 Å². The van der Waals surface area contributed by atoms with Crippen molar-refractivity contribution in [2.75, 3.05) is 23.3 Å². The number of nitrogen functional groups attached to an aromatic ring is 1. The molecule has 34 heavy (non-hydrogen) atoms. The van der Waals surface area contributed by atoms with Crippen LogP contribution in [-0.2, 0) is 27.9 Å². The normalized spacial score (nSPS) is 15.4. The first kappa shape index (κ1) is 23.7. The number of anilines is 2. The van der Waals surface area contributed by atoms with E-state index in [4.69, 9.17) is 10.5 Å². The third-order valence-electron chi connectivity index (χ3n) is 5.21. The van der Waals surface area contributed by atoms with Crippen molar-refractivity contribution in [3.63, 3.8) is 0 Å². The van der Waals surface area contributed by atoms with Gasteiger partial charge in [0.2, 0.25) is 0 Å². The maximum absolute atomic E-state index is 12.8. The van der Waals surface area contributed by atoms with Crippen LogP contribution in [0.3, 0.4) is 0 Å². The van der Waals surface area contributed by atoms with Gasteiger partial charge in [-0.25, -0.2) is 9.78 Å². The minimum absolute atomic E-state index is 0.0104. The summed E-state index contributed by atoms with van der Waals surface area (Å²) in [5.41, 5.74) is 7.95. The van der Waals surface area contributed by atoms with Crippen LogP contribution in [0.25, 0.3) is 0 Å². The van der Waals surface area contributed by atoms with Gasteiger partial charge in [0.15, 0.2) is 5.01 Å². The Morgan fingerprint density at radius 2 is 1.88 bits per heavy atom. The standard InChI is InChI=1S/C22H22N4O6S2/c23-15-8-4-5-9-16(15)24-20(27)21-25-17-10-11-26(18(19(17)33-21)13-34(29,30)31)22(28)32-12-14-6-2-1-3-7-14/h1-9,18H,10-13,23H2,(H,24,27)(H,29,30,31). The lowest BCUT2D eigenvalue weighted by atomic mass is 10.1.